The summed E-state index contributed by atoms with van der Waals surface area (Å²) in [6, 6.07) is 0. The van der Waals surface area contributed by atoms with Crippen molar-refractivity contribution in [1.82, 2.24) is 4.98 Å². The maximum Gasteiger partial charge on any atom is 0.262 e. The van der Waals surface area contributed by atoms with E-state index in [-0.39, 0.29) is 0 Å². The number of fused-ring (bicyclic) bond motifs is 1. The molecule has 0 amide bonds. The highest BCUT2D eigenvalue weighted by molar-refractivity contribution is 6.32. The molecule has 0 radical (unpaired) electrons. The summed E-state index contributed by atoms with van der Waals surface area (Å²) in [5, 5.41) is 3.37. The third kappa shape index (κ3) is 0.916. The van der Waals surface area contributed by atoms with Crippen LogP contribution in [0.1, 0.15) is 5.56 Å². The topological polar surface area (TPSA) is 34.1 Å². The molecule has 0 saturated heterocycles. The largest absolute Gasteiger partial charge is 0.435 e. The quantitative estimate of drug-likeness (QED) is 0.530. The zero-order valence-corrected chi connectivity index (χ0v) is 7.14. The monoisotopic (exact) mass is 181 g/mol. The Morgan fingerprint density at radius 3 is 3.25 bits per heavy atom. The van der Waals surface area contributed by atoms with Gasteiger partial charge in [0.05, 0.1) is 13.2 Å². The van der Waals surface area contributed by atoms with Crippen molar-refractivity contribution >= 4 is 17.3 Å². The Labute approximate surface area is 75.0 Å². The average molecular weight is 182 g/mol. The number of nitrogens with one attached hydrogen (secondary N) is 1. The lowest BCUT2D eigenvalue weighted by molar-refractivity contribution is 0.411. The van der Waals surface area contributed by atoms with E-state index < -0.39 is 0 Å². The van der Waals surface area contributed by atoms with Crippen LogP contribution in [0.25, 0.3) is 0 Å². The van der Waals surface area contributed by atoms with Crippen LogP contribution in [-0.2, 0) is 0 Å². The minimum Gasteiger partial charge on any atom is -0.435 e. The molecule has 0 saturated carbocycles. The molecule has 0 aliphatic carbocycles. The summed E-state index contributed by atoms with van der Waals surface area (Å²) in [5.41, 5.74) is 1.59. The summed E-state index contributed by atoms with van der Waals surface area (Å²) in [4.78, 5) is 3.94. The van der Waals surface area contributed by atoms with Crippen molar-refractivity contribution in [2.45, 2.75) is 0 Å². The molecule has 2 rings (SSSR count). The fraction of sp³-hybridized carbons (Fsp3) is 0.125. The number of pyridine rings is 1. The van der Waals surface area contributed by atoms with Gasteiger partial charge in [-0.15, -0.1) is 0 Å². The molecule has 60 valence electrons. The number of hydrogen-bond acceptors (Lipinski definition) is 3. The molecule has 1 aromatic rings. The number of aromatic nitrogens is 1. The minimum absolute atomic E-state index is 0.437. The normalized spacial score (nSPS) is 11.8. The van der Waals surface area contributed by atoms with Gasteiger partial charge < -0.3 is 4.74 Å². The standard InChI is InChI=1S/C8H6ClN2O/c1-12-6-4-11-8(9)7-5(6)2-3-10-7/h3-4,10H,1H3/q+1. The Kier molecular flexibility index (Phi) is 1.61. The zero-order valence-electron chi connectivity index (χ0n) is 6.39. The van der Waals surface area contributed by atoms with Gasteiger partial charge in [-0.25, -0.2) is 4.98 Å². The second-order valence-electron chi connectivity index (χ2n) is 2.30. The van der Waals surface area contributed by atoms with Gasteiger partial charge in [0, 0.05) is 0 Å². The van der Waals surface area contributed by atoms with Crippen molar-refractivity contribution in [3.63, 3.8) is 0 Å². The van der Waals surface area contributed by atoms with Gasteiger partial charge >= 0.3 is 0 Å². The first-order chi connectivity index (χ1) is 5.83. The van der Waals surface area contributed by atoms with E-state index in [2.05, 4.69) is 16.4 Å². The summed E-state index contributed by atoms with van der Waals surface area (Å²) in [7, 11) is 1.59. The molecule has 12 heavy (non-hydrogen) atoms. The zero-order chi connectivity index (χ0) is 8.55. The van der Waals surface area contributed by atoms with E-state index in [9.17, 15) is 0 Å². The molecule has 1 aromatic heterocycles. The Hall–Kier alpha value is -1.31. The second kappa shape index (κ2) is 2.63. The van der Waals surface area contributed by atoms with E-state index in [4.69, 9.17) is 16.3 Å². The van der Waals surface area contributed by atoms with Crippen LogP contribution in [0.2, 0.25) is 5.15 Å². The fourth-order valence-corrected chi connectivity index (χ4v) is 1.28. The predicted molar refractivity (Wildman–Crippen MR) is 46.3 cm³/mol. The first-order valence-corrected chi connectivity index (χ1v) is 3.78. The molecule has 0 bridgehead atoms. The molecule has 3 nitrogen and oxygen atoms in total. The molecule has 0 unspecified atom stereocenters. The number of ether oxygens (including phenoxy) is 1. The molecule has 0 aromatic carbocycles. The number of nitrogens with zero attached hydrogens (tertiary/aromatic N) is 1. The highest BCUT2D eigenvalue weighted by atomic mass is 35.5. The number of anilines is 1. The molecular weight excluding hydrogens is 176 g/mol. The van der Waals surface area contributed by atoms with Crippen molar-refractivity contribution in [2.75, 3.05) is 12.4 Å². The summed E-state index contributed by atoms with van der Waals surface area (Å²) in [6.07, 6.45) is 6.23. The molecule has 0 fully saturated rings. The number of rotatable bonds is 1. The Morgan fingerprint density at radius 2 is 2.50 bits per heavy atom. The van der Waals surface area contributed by atoms with E-state index in [1.807, 2.05) is 0 Å². The molecule has 0 spiro atoms. The fourth-order valence-electron chi connectivity index (χ4n) is 1.08. The van der Waals surface area contributed by atoms with Crippen molar-refractivity contribution in [1.29, 1.82) is 0 Å². The van der Waals surface area contributed by atoms with Crippen LogP contribution in [0.15, 0.2) is 12.4 Å². The third-order valence-corrected chi connectivity index (χ3v) is 1.94. The van der Waals surface area contributed by atoms with Crippen molar-refractivity contribution in [3.8, 4) is 5.75 Å². The molecular formula is C8H6ClN2O+. The first-order valence-electron chi connectivity index (χ1n) is 3.40. The summed E-state index contributed by atoms with van der Waals surface area (Å²) < 4.78 is 5.07. The molecule has 4 heteroatoms. The van der Waals surface area contributed by atoms with E-state index >= 15 is 0 Å². The van der Waals surface area contributed by atoms with Gasteiger partial charge in [-0.2, -0.15) is 0 Å². The smallest absolute Gasteiger partial charge is 0.262 e. The maximum atomic E-state index is 5.81. The lowest BCUT2D eigenvalue weighted by Crippen LogP contribution is -1.92. The van der Waals surface area contributed by atoms with E-state index in [1.54, 1.807) is 19.5 Å². The summed E-state index contributed by atoms with van der Waals surface area (Å²) in [6.45, 7) is 0. The van der Waals surface area contributed by atoms with Crippen LogP contribution in [0.5, 0.6) is 5.75 Å². The van der Waals surface area contributed by atoms with Gasteiger partial charge in [0.25, 0.3) is 11.3 Å². The predicted octanol–water partition coefficient (Wildman–Crippen LogP) is 1.83. The van der Waals surface area contributed by atoms with Crippen LogP contribution in [0, 0.1) is 6.08 Å². The van der Waals surface area contributed by atoms with Crippen LogP contribution in [0.4, 0.5) is 5.69 Å². The van der Waals surface area contributed by atoms with E-state index in [0.29, 0.717) is 10.9 Å². The van der Waals surface area contributed by atoms with Gasteiger partial charge in [-0.05, 0) is 11.6 Å². The summed E-state index contributed by atoms with van der Waals surface area (Å²) >= 11 is 5.81. The molecule has 2 heterocycles. The Morgan fingerprint density at radius 1 is 1.67 bits per heavy atom. The van der Waals surface area contributed by atoms with Gasteiger partial charge in [0.2, 0.25) is 10.8 Å². The van der Waals surface area contributed by atoms with Crippen LogP contribution >= 0.6 is 11.6 Å². The van der Waals surface area contributed by atoms with Gasteiger partial charge in [-0.3, -0.25) is 5.32 Å². The van der Waals surface area contributed by atoms with Crippen molar-refractivity contribution < 1.29 is 4.74 Å². The second-order valence-corrected chi connectivity index (χ2v) is 2.66. The van der Waals surface area contributed by atoms with Crippen LogP contribution < -0.4 is 10.1 Å². The highest BCUT2D eigenvalue weighted by Crippen LogP contribution is 2.34. The third-order valence-electron chi connectivity index (χ3n) is 1.65. The van der Waals surface area contributed by atoms with Gasteiger partial charge in [-0.1, -0.05) is 0 Å². The number of methoxy groups -OCH3 is 1. The summed E-state index contributed by atoms with van der Waals surface area (Å²) in [5.74, 6) is 0.677. The van der Waals surface area contributed by atoms with Gasteiger partial charge in [0.1, 0.15) is 12.4 Å². The highest BCUT2D eigenvalue weighted by Gasteiger charge is 2.26. The maximum absolute atomic E-state index is 5.81. The van der Waals surface area contributed by atoms with Crippen molar-refractivity contribution in [2.24, 2.45) is 0 Å². The lowest BCUT2D eigenvalue weighted by Gasteiger charge is -1.96. The van der Waals surface area contributed by atoms with Crippen molar-refractivity contribution in [3.05, 3.63) is 29.2 Å². The number of halogens is 1. The van der Waals surface area contributed by atoms with Gasteiger partial charge in [0.15, 0.2) is 0 Å². The Balaban J connectivity index is 2.62. The molecule has 1 N–H and O–H groups in total. The average Bonchev–Trinajstić information content (AvgIpc) is 2.54. The van der Waals surface area contributed by atoms with E-state index in [1.165, 1.54) is 0 Å². The Bertz CT molecular complexity index is 349. The number of hydrogen-bond donors (Lipinski definition) is 1. The minimum atomic E-state index is 0.437. The van der Waals surface area contributed by atoms with E-state index in [0.717, 1.165) is 11.3 Å². The SMILES string of the molecule is COc1cnc(Cl)c2c1[C+]=CN2. The molecule has 1 aliphatic rings. The van der Waals surface area contributed by atoms with Crippen LogP contribution in [-0.4, -0.2) is 12.1 Å². The molecule has 0 atom stereocenters. The molecule has 1 aliphatic heterocycles. The lowest BCUT2D eigenvalue weighted by atomic mass is 10.2. The first kappa shape index (κ1) is 7.35. The van der Waals surface area contributed by atoms with Crippen LogP contribution in [0.3, 0.4) is 0 Å².